The molecule has 0 bridgehead atoms. The van der Waals surface area contributed by atoms with Crippen LogP contribution in [-0.2, 0) is 27.1 Å². The molecule has 0 aliphatic carbocycles. The average molecular weight is 655 g/mol. The molecule has 2 atom stereocenters. The van der Waals surface area contributed by atoms with Crippen LogP contribution in [0.3, 0.4) is 0 Å². The zero-order chi connectivity index (χ0) is 33.8. The van der Waals surface area contributed by atoms with Gasteiger partial charge in [-0.15, -0.1) is 0 Å². The lowest BCUT2D eigenvalue weighted by molar-refractivity contribution is -0.376. The number of imide groups is 1. The first-order valence-electron chi connectivity index (χ1n) is 14.6. The number of piperazine rings is 1. The van der Waals surface area contributed by atoms with E-state index in [1.165, 1.54) is 18.1 Å². The van der Waals surface area contributed by atoms with Crippen LogP contribution in [0.15, 0.2) is 53.1 Å². The van der Waals surface area contributed by atoms with Gasteiger partial charge in [0, 0.05) is 42.3 Å². The van der Waals surface area contributed by atoms with Gasteiger partial charge in [-0.3, -0.25) is 14.5 Å². The maximum absolute atomic E-state index is 13.5. The van der Waals surface area contributed by atoms with Crippen molar-refractivity contribution in [2.75, 3.05) is 31.1 Å². The number of hydrogen-bond acceptors (Lipinski definition) is 6. The number of hydrogen-bond donors (Lipinski definition) is 2. The molecule has 3 heterocycles. The normalized spacial score (nSPS) is 21.3. The monoisotopic (exact) mass is 654 g/mol. The number of furan rings is 1. The SMILES string of the molecule is CCCc1cc(C(O)(C(F)(F)F)C(F)(F)F)ccc1N1CCN(C(=O)CN2C(=O)NC(C)(c3ccc4ccoc4c3)C2=O)C[C@@H]1C. The average Bonchev–Trinajstić information content (AvgIpc) is 3.54. The van der Waals surface area contributed by atoms with Gasteiger partial charge in [-0.25, -0.2) is 4.79 Å². The van der Waals surface area contributed by atoms with Crippen LogP contribution < -0.4 is 10.2 Å². The van der Waals surface area contributed by atoms with Gasteiger partial charge in [-0.05, 0) is 49.6 Å². The number of aliphatic hydroxyl groups is 1. The van der Waals surface area contributed by atoms with E-state index in [1.807, 2.05) is 0 Å². The number of carbonyl (C=O) groups excluding carboxylic acids is 3. The van der Waals surface area contributed by atoms with E-state index in [9.17, 15) is 45.8 Å². The summed E-state index contributed by atoms with van der Waals surface area (Å²) < 4.78 is 86.6. The number of nitrogens with zero attached hydrogens (tertiary/aromatic N) is 3. The summed E-state index contributed by atoms with van der Waals surface area (Å²) in [6, 6.07) is 8.15. The fraction of sp³-hybridized carbons (Fsp3) is 0.452. The lowest BCUT2D eigenvalue weighted by Gasteiger charge is -2.42. The molecule has 5 rings (SSSR count). The van der Waals surface area contributed by atoms with Crippen LogP contribution >= 0.6 is 0 Å². The van der Waals surface area contributed by atoms with Crippen molar-refractivity contribution >= 4 is 34.5 Å². The van der Waals surface area contributed by atoms with Gasteiger partial charge < -0.3 is 24.6 Å². The van der Waals surface area contributed by atoms with Gasteiger partial charge in [-0.1, -0.05) is 37.6 Å². The zero-order valence-corrected chi connectivity index (χ0v) is 25.1. The predicted octanol–water partition coefficient (Wildman–Crippen LogP) is 5.20. The minimum absolute atomic E-state index is 0.108. The molecular weight excluding hydrogens is 622 g/mol. The smallest absolute Gasteiger partial charge is 0.430 e. The fourth-order valence-electron chi connectivity index (χ4n) is 6.13. The third-order valence-corrected chi connectivity index (χ3v) is 8.73. The number of urea groups is 1. The van der Waals surface area contributed by atoms with Gasteiger partial charge in [0.25, 0.3) is 11.5 Å². The number of fused-ring (bicyclic) bond motifs is 1. The topological polar surface area (TPSA) is 106 Å². The molecule has 2 aliphatic rings. The number of nitrogens with one attached hydrogen (secondary N) is 1. The summed E-state index contributed by atoms with van der Waals surface area (Å²) in [5.41, 5.74) is -6.24. The summed E-state index contributed by atoms with van der Waals surface area (Å²) in [5.74, 6) is -1.13. The molecule has 248 valence electrons. The molecule has 0 spiro atoms. The molecule has 1 aromatic heterocycles. The van der Waals surface area contributed by atoms with Gasteiger partial charge in [0.15, 0.2) is 0 Å². The Morgan fingerprint density at radius 1 is 1.04 bits per heavy atom. The number of amides is 4. The Labute approximate surface area is 259 Å². The summed E-state index contributed by atoms with van der Waals surface area (Å²) in [5, 5.41) is 13.4. The van der Waals surface area contributed by atoms with Crippen molar-refractivity contribution in [2.45, 2.75) is 63.1 Å². The number of carbonyl (C=O) groups is 3. The second kappa shape index (κ2) is 11.5. The van der Waals surface area contributed by atoms with Crippen molar-refractivity contribution in [3.63, 3.8) is 0 Å². The molecule has 2 aromatic carbocycles. The van der Waals surface area contributed by atoms with Crippen LogP contribution in [0.4, 0.5) is 36.8 Å². The summed E-state index contributed by atoms with van der Waals surface area (Å²) in [6.07, 6.45) is -9.97. The zero-order valence-electron chi connectivity index (χ0n) is 25.1. The van der Waals surface area contributed by atoms with Crippen LogP contribution in [0, 0.1) is 0 Å². The lowest BCUT2D eigenvalue weighted by Crippen LogP contribution is -2.56. The molecule has 0 radical (unpaired) electrons. The van der Waals surface area contributed by atoms with E-state index in [2.05, 4.69) is 5.32 Å². The first-order chi connectivity index (χ1) is 21.4. The van der Waals surface area contributed by atoms with Crippen LogP contribution in [-0.4, -0.2) is 77.3 Å². The van der Waals surface area contributed by atoms with Gasteiger partial charge in [0.05, 0.1) is 6.26 Å². The summed E-state index contributed by atoms with van der Waals surface area (Å²) >= 11 is 0. The molecule has 9 nitrogen and oxygen atoms in total. The molecule has 2 aliphatic heterocycles. The van der Waals surface area contributed by atoms with Crippen molar-refractivity contribution in [1.82, 2.24) is 15.1 Å². The third kappa shape index (κ3) is 5.43. The van der Waals surface area contributed by atoms with Crippen LogP contribution in [0.1, 0.15) is 43.9 Å². The van der Waals surface area contributed by atoms with E-state index >= 15 is 0 Å². The Morgan fingerprint density at radius 2 is 1.74 bits per heavy atom. The second-order valence-electron chi connectivity index (χ2n) is 11.8. The highest BCUT2D eigenvalue weighted by Crippen LogP contribution is 2.50. The number of alkyl halides is 6. The largest absolute Gasteiger partial charge is 0.464 e. The Kier molecular flexibility index (Phi) is 8.28. The summed E-state index contributed by atoms with van der Waals surface area (Å²) in [6.45, 7) is 4.85. The van der Waals surface area contributed by atoms with Crippen molar-refractivity contribution < 1.29 is 50.2 Å². The standard InChI is InChI=1S/C31H32F6N4O5/c1-4-5-20-14-22(29(45,30(32,33)34)31(35,36)37)8-9-23(20)40-12-11-39(16-18(40)2)25(42)17-41-26(43)28(3,38-27(41)44)21-7-6-19-10-13-46-24(19)15-21/h6-10,13-15,18,45H,4-5,11-12,16-17H2,1-3H3,(H,38,44)/t18-,28?/m0/s1. The molecule has 2 N–H and O–H groups in total. The number of halogens is 6. The minimum Gasteiger partial charge on any atom is -0.464 e. The van der Waals surface area contributed by atoms with E-state index in [0.29, 0.717) is 29.3 Å². The maximum atomic E-state index is 13.5. The molecule has 1 unspecified atom stereocenters. The quantitative estimate of drug-likeness (QED) is 0.268. The third-order valence-electron chi connectivity index (χ3n) is 8.73. The summed E-state index contributed by atoms with van der Waals surface area (Å²) in [4.78, 5) is 43.7. The highest BCUT2D eigenvalue weighted by atomic mass is 19.4. The molecule has 3 aromatic rings. The molecule has 0 saturated carbocycles. The van der Waals surface area contributed by atoms with E-state index in [1.54, 1.807) is 43.0 Å². The van der Waals surface area contributed by atoms with Crippen molar-refractivity contribution in [3.8, 4) is 0 Å². The highest BCUT2D eigenvalue weighted by Gasteiger charge is 2.71. The molecular formula is C31H32F6N4O5. The molecule has 2 fully saturated rings. The van der Waals surface area contributed by atoms with Gasteiger partial charge >= 0.3 is 18.4 Å². The second-order valence-corrected chi connectivity index (χ2v) is 11.8. The highest BCUT2D eigenvalue weighted by molar-refractivity contribution is 6.09. The van der Waals surface area contributed by atoms with E-state index < -0.39 is 59.5 Å². The number of rotatable bonds is 7. The van der Waals surface area contributed by atoms with Crippen molar-refractivity contribution in [1.29, 1.82) is 0 Å². The Hall–Kier alpha value is -4.27. The number of benzene rings is 2. The number of aryl methyl sites for hydroxylation is 1. The van der Waals surface area contributed by atoms with E-state index in [0.717, 1.165) is 22.4 Å². The van der Waals surface area contributed by atoms with E-state index in [4.69, 9.17) is 4.42 Å². The molecule has 2 saturated heterocycles. The lowest BCUT2D eigenvalue weighted by atomic mass is 9.89. The van der Waals surface area contributed by atoms with E-state index in [-0.39, 0.29) is 31.6 Å². The number of anilines is 1. The van der Waals surface area contributed by atoms with Crippen LogP contribution in [0.25, 0.3) is 11.0 Å². The predicted molar refractivity (Wildman–Crippen MR) is 154 cm³/mol. The van der Waals surface area contributed by atoms with Crippen molar-refractivity contribution in [2.24, 2.45) is 0 Å². The fourth-order valence-corrected chi connectivity index (χ4v) is 6.13. The Morgan fingerprint density at radius 3 is 2.37 bits per heavy atom. The van der Waals surface area contributed by atoms with Gasteiger partial charge in [0.1, 0.15) is 17.7 Å². The van der Waals surface area contributed by atoms with Gasteiger partial charge in [-0.2, -0.15) is 26.3 Å². The first kappa shape index (κ1) is 33.1. The molecule has 46 heavy (non-hydrogen) atoms. The maximum Gasteiger partial charge on any atom is 0.430 e. The van der Waals surface area contributed by atoms with Crippen LogP contribution in [0.5, 0.6) is 0 Å². The minimum atomic E-state index is -6.01. The van der Waals surface area contributed by atoms with Gasteiger partial charge in [0.2, 0.25) is 5.91 Å². The van der Waals surface area contributed by atoms with Crippen molar-refractivity contribution in [3.05, 3.63) is 65.4 Å². The molecule has 15 heteroatoms. The van der Waals surface area contributed by atoms with Crippen LogP contribution in [0.2, 0.25) is 0 Å². The summed E-state index contributed by atoms with van der Waals surface area (Å²) in [7, 11) is 0. The Balaban J connectivity index is 1.31. The first-order valence-corrected chi connectivity index (χ1v) is 14.6. The molecule has 4 amide bonds. The Bertz CT molecular complexity index is 1660.